The number of carbonyl (C=O) groups excluding carboxylic acids is 2. The van der Waals surface area contributed by atoms with E-state index < -0.39 is 17.6 Å². The molecule has 2 amide bonds. The standard InChI is InChI=1S/C23H19BrFN3O2/c24-18-9-10-20(25)17(12-18)13-21(28-22(29)16-6-2-1-3-7-16)23(30)27-14-15-5-4-8-19(26)11-15/h1-13H,14,26H2,(H,27,30)(H,28,29)/b21-13-. The van der Waals surface area contributed by atoms with Crippen LogP contribution < -0.4 is 16.4 Å². The highest BCUT2D eigenvalue weighted by molar-refractivity contribution is 9.10. The molecule has 0 unspecified atom stereocenters. The lowest BCUT2D eigenvalue weighted by Gasteiger charge is -2.12. The van der Waals surface area contributed by atoms with Crippen LogP contribution in [0.3, 0.4) is 0 Å². The Kier molecular flexibility index (Phi) is 6.98. The van der Waals surface area contributed by atoms with Gasteiger partial charge in [-0.3, -0.25) is 9.59 Å². The van der Waals surface area contributed by atoms with Crippen LogP contribution in [0.25, 0.3) is 6.08 Å². The van der Waals surface area contributed by atoms with Crippen molar-refractivity contribution in [2.75, 3.05) is 5.73 Å². The number of hydrogen-bond donors (Lipinski definition) is 3. The summed E-state index contributed by atoms with van der Waals surface area (Å²) in [6.45, 7) is 0.198. The summed E-state index contributed by atoms with van der Waals surface area (Å²) in [5.74, 6) is -1.55. The number of carbonyl (C=O) groups is 2. The number of nitrogens with one attached hydrogen (secondary N) is 2. The van der Waals surface area contributed by atoms with Gasteiger partial charge in [-0.1, -0.05) is 46.3 Å². The first-order valence-corrected chi connectivity index (χ1v) is 9.87. The molecule has 0 spiro atoms. The van der Waals surface area contributed by atoms with Gasteiger partial charge in [0, 0.05) is 27.8 Å². The first-order valence-electron chi connectivity index (χ1n) is 9.08. The minimum atomic E-state index is -0.555. The Morgan fingerprint density at radius 1 is 1.00 bits per heavy atom. The van der Waals surface area contributed by atoms with E-state index in [0.29, 0.717) is 15.7 Å². The maximum absolute atomic E-state index is 14.2. The Labute approximate surface area is 181 Å². The number of anilines is 1. The van der Waals surface area contributed by atoms with Crippen molar-refractivity contribution in [3.05, 3.63) is 105 Å². The van der Waals surface area contributed by atoms with E-state index in [1.165, 1.54) is 18.2 Å². The van der Waals surface area contributed by atoms with E-state index in [-0.39, 0.29) is 17.8 Å². The summed E-state index contributed by atoms with van der Waals surface area (Å²) in [5, 5.41) is 5.31. The lowest BCUT2D eigenvalue weighted by Crippen LogP contribution is -2.34. The van der Waals surface area contributed by atoms with Crippen molar-refractivity contribution in [1.29, 1.82) is 0 Å². The molecule has 0 bridgehead atoms. The topological polar surface area (TPSA) is 84.2 Å². The molecule has 4 N–H and O–H groups in total. The summed E-state index contributed by atoms with van der Waals surface area (Å²) in [6.07, 6.45) is 1.30. The fourth-order valence-corrected chi connectivity index (χ4v) is 3.08. The van der Waals surface area contributed by atoms with E-state index in [1.54, 1.807) is 54.6 Å². The van der Waals surface area contributed by atoms with Gasteiger partial charge in [0.15, 0.2) is 0 Å². The predicted molar refractivity (Wildman–Crippen MR) is 119 cm³/mol. The van der Waals surface area contributed by atoms with Crippen molar-refractivity contribution >= 4 is 39.5 Å². The van der Waals surface area contributed by atoms with Gasteiger partial charge in [-0.15, -0.1) is 0 Å². The molecule has 0 aliphatic heterocycles. The molecule has 0 atom stereocenters. The van der Waals surface area contributed by atoms with Gasteiger partial charge in [0.25, 0.3) is 11.8 Å². The van der Waals surface area contributed by atoms with Crippen molar-refractivity contribution in [1.82, 2.24) is 10.6 Å². The largest absolute Gasteiger partial charge is 0.399 e. The second-order valence-corrected chi connectivity index (χ2v) is 7.39. The second kappa shape index (κ2) is 9.84. The van der Waals surface area contributed by atoms with Gasteiger partial charge in [-0.05, 0) is 54.1 Å². The highest BCUT2D eigenvalue weighted by Crippen LogP contribution is 2.18. The van der Waals surface area contributed by atoms with Crippen molar-refractivity contribution in [3.63, 3.8) is 0 Å². The average Bonchev–Trinajstić information content (AvgIpc) is 2.74. The summed E-state index contributed by atoms with van der Waals surface area (Å²) < 4.78 is 14.9. The lowest BCUT2D eigenvalue weighted by molar-refractivity contribution is -0.117. The first-order chi connectivity index (χ1) is 14.4. The van der Waals surface area contributed by atoms with Crippen molar-refractivity contribution in [2.45, 2.75) is 6.54 Å². The Hall–Kier alpha value is -3.45. The third-order valence-electron chi connectivity index (χ3n) is 4.19. The molecular formula is C23H19BrFN3O2. The van der Waals surface area contributed by atoms with E-state index >= 15 is 0 Å². The number of hydrogen-bond acceptors (Lipinski definition) is 3. The van der Waals surface area contributed by atoms with Gasteiger partial charge in [0.1, 0.15) is 11.5 Å². The smallest absolute Gasteiger partial charge is 0.268 e. The number of amides is 2. The van der Waals surface area contributed by atoms with E-state index in [0.717, 1.165) is 5.56 Å². The van der Waals surface area contributed by atoms with Crippen LogP contribution in [0, 0.1) is 5.82 Å². The Bertz CT molecular complexity index is 1100. The fraction of sp³-hybridized carbons (Fsp3) is 0.0435. The molecule has 152 valence electrons. The summed E-state index contributed by atoms with van der Waals surface area (Å²) in [5.41, 5.74) is 7.59. The highest BCUT2D eigenvalue weighted by atomic mass is 79.9. The molecule has 7 heteroatoms. The van der Waals surface area contributed by atoms with E-state index in [2.05, 4.69) is 26.6 Å². The van der Waals surface area contributed by atoms with Gasteiger partial charge in [-0.25, -0.2) is 4.39 Å². The monoisotopic (exact) mass is 467 g/mol. The Balaban J connectivity index is 1.86. The van der Waals surface area contributed by atoms with Gasteiger partial charge in [0.05, 0.1) is 0 Å². The quantitative estimate of drug-likeness (QED) is 0.374. The van der Waals surface area contributed by atoms with Crippen LogP contribution in [0.2, 0.25) is 0 Å². The predicted octanol–water partition coefficient (Wildman–Crippen LogP) is 4.26. The summed E-state index contributed by atoms with van der Waals surface area (Å²) >= 11 is 3.28. The van der Waals surface area contributed by atoms with Crippen LogP contribution in [-0.2, 0) is 11.3 Å². The number of benzene rings is 3. The van der Waals surface area contributed by atoms with Crippen LogP contribution in [-0.4, -0.2) is 11.8 Å². The lowest BCUT2D eigenvalue weighted by atomic mass is 10.1. The summed E-state index contributed by atoms with van der Waals surface area (Å²) in [7, 11) is 0. The van der Waals surface area contributed by atoms with Gasteiger partial charge >= 0.3 is 0 Å². The van der Waals surface area contributed by atoms with E-state index in [9.17, 15) is 14.0 Å². The number of rotatable bonds is 6. The minimum Gasteiger partial charge on any atom is -0.399 e. The molecule has 0 aliphatic rings. The van der Waals surface area contributed by atoms with Crippen LogP contribution in [0.1, 0.15) is 21.5 Å². The van der Waals surface area contributed by atoms with Gasteiger partial charge in [0.2, 0.25) is 0 Å². The van der Waals surface area contributed by atoms with Crippen molar-refractivity contribution in [2.24, 2.45) is 0 Å². The van der Waals surface area contributed by atoms with Crippen LogP contribution in [0.4, 0.5) is 10.1 Å². The molecule has 0 saturated heterocycles. The average molecular weight is 468 g/mol. The van der Waals surface area contributed by atoms with E-state index in [1.807, 2.05) is 6.07 Å². The normalized spacial score (nSPS) is 11.1. The van der Waals surface area contributed by atoms with Crippen LogP contribution >= 0.6 is 15.9 Å². The SMILES string of the molecule is Nc1cccc(CNC(=O)/C(=C/c2cc(Br)ccc2F)NC(=O)c2ccccc2)c1. The first kappa shape index (κ1) is 21.3. The highest BCUT2D eigenvalue weighted by Gasteiger charge is 2.15. The fourth-order valence-electron chi connectivity index (χ4n) is 2.70. The molecule has 0 aromatic heterocycles. The van der Waals surface area contributed by atoms with Crippen molar-refractivity contribution < 1.29 is 14.0 Å². The minimum absolute atomic E-state index is 0.0789. The zero-order valence-electron chi connectivity index (χ0n) is 15.9. The van der Waals surface area contributed by atoms with Gasteiger partial charge in [-0.2, -0.15) is 0 Å². The third kappa shape index (κ3) is 5.78. The molecule has 0 saturated carbocycles. The molecule has 0 aliphatic carbocycles. The molecule has 3 rings (SSSR count). The Morgan fingerprint density at radius 2 is 1.77 bits per heavy atom. The summed E-state index contributed by atoms with van der Waals surface area (Å²) in [6, 6.07) is 19.9. The van der Waals surface area contributed by atoms with Crippen LogP contribution in [0.15, 0.2) is 83.0 Å². The number of nitrogen functional groups attached to an aromatic ring is 1. The molecule has 0 heterocycles. The molecule has 0 fully saturated rings. The number of halogens is 2. The molecule has 30 heavy (non-hydrogen) atoms. The zero-order chi connectivity index (χ0) is 21.5. The van der Waals surface area contributed by atoms with E-state index in [4.69, 9.17) is 5.73 Å². The number of nitrogens with two attached hydrogens (primary N) is 1. The third-order valence-corrected chi connectivity index (χ3v) is 4.68. The second-order valence-electron chi connectivity index (χ2n) is 6.47. The Morgan fingerprint density at radius 3 is 2.50 bits per heavy atom. The molecule has 0 radical (unpaired) electrons. The molecule has 3 aromatic carbocycles. The molecule has 5 nitrogen and oxygen atoms in total. The molecule has 3 aromatic rings. The van der Waals surface area contributed by atoms with Crippen molar-refractivity contribution in [3.8, 4) is 0 Å². The summed E-state index contributed by atoms with van der Waals surface area (Å²) in [4.78, 5) is 25.4. The maximum atomic E-state index is 14.2. The maximum Gasteiger partial charge on any atom is 0.268 e. The zero-order valence-corrected chi connectivity index (χ0v) is 17.4. The van der Waals surface area contributed by atoms with Gasteiger partial charge < -0.3 is 16.4 Å². The van der Waals surface area contributed by atoms with Crippen LogP contribution in [0.5, 0.6) is 0 Å². The molecular weight excluding hydrogens is 449 g/mol.